The van der Waals surface area contributed by atoms with E-state index in [0.717, 1.165) is 34.0 Å². The minimum Gasteiger partial charge on any atom is -0.489 e. The van der Waals surface area contributed by atoms with E-state index in [1.165, 1.54) is 6.07 Å². The Morgan fingerprint density at radius 3 is 2.39 bits per heavy atom. The fourth-order valence-corrected chi connectivity index (χ4v) is 3.90. The minimum absolute atomic E-state index is 0.291. The SMILES string of the molecule is Cc1cc(/C=C(/C#N)c2ccccc2F)c(C)n1-c1ccc(OCc2ccc(Cl)cc2)cc1. The van der Waals surface area contributed by atoms with Crippen molar-refractivity contribution in [2.24, 2.45) is 0 Å². The first-order valence-electron chi connectivity index (χ1n) is 10.5. The zero-order chi connectivity index (χ0) is 23.4. The third kappa shape index (κ3) is 5.00. The van der Waals surface area contributed by atoms with E-state index in [-0.39, 0.29) is 0 Å². The average molecular weight is 457 g/mol. The number of rotatable bonds is 6. The molecule has 164 valence electrons. The van der Waals surface area contributed by atoms with Gasteiger partial charge in [-0.2, -0.15) is 5.26 Å². The lowest BCUT2D eigenvalue weighted by atomic mass is 10.0. The highest BCUT2D eigenvalue weighted by Gasteiger charge is 2.13. The summed E-state index contributed by atoms with van der Waals surface area (Å²) < 4.78 is 22.2. The van der Waals surface area contributed by atoms with E-state index in [9.17, 15) is 9.65 Å². The van der Waals surface area contributed by atoms with Crippen LogP contribution < -0.4 is 4.74 Å². The Bertz CT molecular complexity index is 1350. The van der Waals surface area contributed by atoms with Crippen LogP contribution >= 0.6 is 11.6 Å². The molecule has 33 heavy (non-hydrogen) atoms. The lowest BCUT2D eigenvalue weighted by molar-refractivity contribution is 0.306. The van der Waals surface area contributed by atoms with Crippen LogP contribution in [0.15, 0.2) is 78.9 Å². The van der Waals surface area contributed by atoms with Gasteiger partial charge < -0.3 is 9.30 Å². The quantitative estimate of drug-likeness (QED) is 0.281. The average Bonchev–Trinajstić information content (AvgIpc) is 3.10. The molecule has 0 atom stereocenters. The van der Waals surface area contributed by atoms with Crippen molar-refractivity contribution >= 4 is 23.3 Å². The zero-order valence-electron chi connectivity index (χ0n) is 18.3. The predicted molar refractivity (Wildman–Crippen MR) is 131 cm³/mol. The van der Waals surface area contributed by atoms with Crippen LogP contribution in [0.25, 0.3) is 17.3 Å². The minimum atomic E-state index is -0.409. The summed E-state index contributed by atoms with van der Waals surface area (Å²) in [6.45, 7) is 4.45. The summed E-state index contributed by atoms with van der Waals surface area (Å²) in [5.74, 6) is 0.357. The van der Waals surface area contributed by atoms with E-state index >= 15 is 0 Å². The lowest BCUT2D eigenvalue weighted by Crippen LogP contribution is -2.00. The van der Waals surface area contributed by atoms with Crippen LogP contribution in [0.4, 0.5) is 4.39 Å². The molecule has 0 aliphatic heterocycles. The molecule has 5 heteroatoms. The summed E-state index contributed by atoms with van der Waals surface area (Å²) in [6, 6.07) is 25.9. The first-order chi connectivity index (χ1) is 16.0. The van der Waals surface area contributed by atoms with Gasteiger partial charge in [0.25, 0.3) is 0 Å². The fraction of sp³-hybridized carbons (Fsp3) is 0.107. The molecular weight excluding hydrogens is 435 g/mol. The molecule has 4 rings (SSSR count). The number of halogens is 2. The smallest absolute Gasteiger partial charge is 0.131 e. The third-order valence-corrected chi connectivity index (χ3v) is 5.72. The van der Waals surface area contributed by atoms with Crippen molar-refractivity contribution in [3.8, 4) is 17.5 Å². The Morgan fingerprint density at radius 2 is 1.73 bits per heavy atom. The Morgan fingerprint density at radius 1 is 1.03 bits per heavy atom. The molecule has 0 aliphatic rings. The number of allylic oxidation sites excluding steroid dienone is 1. The Balaban J connectivity index is 1.57. The highest BCUT2D eigenvalue weighted by molar-refractivity contribution is 6.30. The van der Waals surface area contributed by atoms with Gasteiger partial charge in [-0.25, -0.2) is 4.39 Å². The Labute approximate surface area is 197 Å². The van der Waals surface area contributed by atoms with E-state index in [2.05, 4.69) is 10.6 Å². The molecule has 0 unspecified atom stereocenters. The zero-order valence-corrected chi connectivity index (χ0v) is 19.1. The van der Waals surface area contributed by atoms with Gasteiger partial charge >= 0.3 is 0 Å². The molecule has 3 aromatic carbocycles. The number of nitrogens with zero attached hydrogens (tertiary/aromatic N) is 2. The van der Waals surface area contributed by atoms with Crippen LogP contribution in [-0.4, -0.2) is 4.57 Å². The van der Waals surface area contributed by atoms with Gasteiger partial charge in [-0.1, -0.05) is 41.9 Å². The summed E-state index contributed by atoms with van der Waals surface area (Å²) in [5, 5.41) is 10.3. The van der Waals surface area contributed by atoms with Crippen molar-refractivity contribution in [2.45, 2.75) is 20.5 Å². The van der Waals surface area contributed by atoms with E-state index in [1.807, 2.05) is 68.4 Å². The molecule has 0 fully saturated rings. The summed E-state index contributed by atoms with van der Waals surface area (Å²) in [4.78, 5) is 0. The summed E-state index contributed by atoms with van der Waals surface area (Å²) in [5.41, 5.74) is 5.46. The maximum Gasteiger partial charge on any atom is 0.131 e. The maximum absolute atomic E-state index is 14.2. The molecular formula is C28H22ClFN2O. The molecule has 1 aromatic heterocycles. The van der Waals surface area contributed by atoms with Crippen molar-refractivity contribution in [3.05, 3.63) is 118 Å². The molecule has 1 heterocycles. The second-order valence-electron chi connectivity index (χ2n) is 7.72. The van der Waals surface area contributed by atoms with Crippen molar-refractivity contribution < 1.29 is 9.13 Å². The number of aromatic nitrogens is 1. The van der Waals surface area contributed by atoms with Crippen LogP contribution in [0.1, 0.15) is 28.1 Å². The van der Waals surface area contributed by atoms with Crippen LogP contribution in [0.5, 0.6) is 5.75 Å². The lowest BCUT2D eigenvalue weighted by Gasteiger charge is -2.12. The predicted octanol–water partition coefficient (Wildman–Crippen LogP) is 7.53. The van der Waals surface area contributed by atoms with Crippen molar-refractivity contribution in [3.63, 3.8) is 0 Å². The van der Waals surface area contributed by atoms with Crippen LogP contribution in [0.2, 0.25) is 5.02 Å². The van der Waals surface area contributed by atoms with Gasteiger partial charge in [-0.15, -0.1) is 0 Å². The number of aryl methyl sites for hydroxylation is 1. The molecule has 0 bridgehead atoms. The van der Waals surface area contributed by atoms with Crippen LogP contribution in [0, 0.1) is 31.0 Å². The van der Waals surface area contributed by atoms with Crippen molar-refractivity contribution in [2.75, 3.05) is 0 Å². The third-order valence-electron chi connectivity index (χ3n) is 5.47. The first-order valence-corrected chi connectivity index (χ1v) is 10.9. The van der Waals surface area contributed by atoms with Gasteiger partial charge in [0.05, 0.1) is 11.6 Å². The summed E-state index contributed by atoms with van der Waals surface area (Å²) in [6.07, 6.45) is 1.74. The molecule has 3 nitrogen and oxygen atoms in total. The van der Waals surface area contributed by atoms with E-state index in [4.69, 9.17) is 16.3 Å². The van der Waals surface area contributed by atoms with Gasteiger partial charge in [0.2, 0.25) is 0 Å². The Hall–Kier alpha value is -3.81. The summed E-state index contributed by atoms with van der Waals surface area (Å²) in [7, 11) is 0. The number of benzene rings is 3. The highest BCUT2D eigenvalue weighted by atomic mass is 35.5. The molecule has 4 aromatic rings. The molecule has 0 saturated carbocycles. The van der Waals surface area contributed by atoms with Crippen molar-refractivity contribution in [1.82, 2.24) is 4.57 Å². The van der Waals surface area contributed by atoms with E-state index < -0.39 is 5.82 Å². The molecule has 0 aliphatic carbocycles. The number of hydrogen-bond donors (Lipinski definition) is 0. The van der Waals surface area contributed by atoms with Gasteiger partial charge in [0.15, 0.2) is 0 Å². The highest BCUT2D eigenvalue weighted by Crippen LogP contribution is 2.27. The van der Waals surface area contributed by atoms with Gasteiger partial charge in [0, 0.05) is 27.7 Å². The first kappa shape index (κ1) is 22.4. The van der Waals surface area contributed by atoms with Gasteiger partial charge in [-0.05, 0) is 79.6 Å². The summed E-state index contributed by atoms with van der Waals surface area (Å²) >= 11 is 5.93. The number of ether oxygens (including phenoxy) is 1. The largest absolute Gasteiger partial charge is 0.489 e. The maximum atomic E-state index is 14.2. The van der Waals surface area contributed by atoms with Gasteiger partial charge in [-0.3, -0.25) is 0 Å². The monoisotopic (exact) mass is 456 g/mol. The van der Waals surface area contributed by atoms with Crippen molar-refractivity contribution in [1.29, 1.82) is 5.26 Å². The molecule has 0 saturated heterocycles. The number of nitriles is 1. The van der Waals surface area contributed by atoms with E-state index in [1.54, 1.807) is 24.3 Å². The van der Waals surface area contributed by atoms with Crippen LogP contribution in [0.3, 0.4) is 0 Å². The molecule has 0 spiro atoms. The molecule has 0 N–H and O–H groups in total. The Kier molecular flexibility index (Phi) is 6.63. The van der Waals surface area contributed by atoms with Gasteiger partial charge in [0.1, 0.15) is 18.2 Å². The standard InChI is InChI=1S/C28H22ClFN2O/c1-19-15-22(16-23(17-31)27-5-3-4-6-28(27)30)20(2)32(19)25-11-13-26(14-12-25)33-18-21-7-9-24(29)10-8-21/h3-16H,18H2,1-2H3/b23-16-. The normalized spacial score (nSPS) is 11.3. The second kappa shape index (κ2) is 9.77. The molecule has 0 amide bonds. The fourth-order valence-electron chi connectivity index (χ4n) is 3.78. The topological polar surface area (TPSA) is 38.0 Å². The number of hydrogen-bond acceptors (Lipinski definition) is 2. The van der Waals surface area contributed by atoms with E-state index in [0.29, 0.717) is 22.8 Å². The second-order valence-corrected chi connectivity index (χ2v) is 8.16. The molecule has 0 radical (unpaired) electrons. The van der Waals surface area contributed by atoms with Crippen LogP contribution in [-0.2, 0) is 6.61 Å².